The Hall–Kier alpha value is -2.83. The minimum absolute atomic E-state index is 0.112. The van der Waals surface area contributed by atoms with Crippen molar-refractivity contribution in [2.45, 2.75) is 56.3 Å². The number of amides is 1. The topological polar surface area (TPSA) is 90.8 Å². The van der Waals surface area contributed by atoms with Gasteiger partial charge in [-0.05, 0) is 42.9 Å². The van der Waals surface area contributed by atoms with Crippen LogP contribution in [-0.2, 0) is 15.7 Å². The van der Waals surface area contributed by atoms with Crippen LogP contribution in [0, 0.1) is 5.82 Å². The summed E-state index contributed by atoms with van der Waals surface area (Å²) >= 11 is 0. The highest BCUT2D eigenvalue weighted by molar-refractivity contribution is 5.84. The maximum absolute atomic E-state index is 14.5. The SMILES string of the molecule is CC1CC(O)c2ncnc(N3CCN(C(=O)C(CNC4CCOCC4)c4ccc(C(F)(F)F)c(F)c4)CC3)c21. The molecule has 3 aliphatic rings. The van der Waals surface area contributed by atoms with Crippen molar-refractivity contribution < 1.29 is 32.2 Å². The first-order valence-corrected chi connectivity index (χ1v) is 13.4. The molecule has 1 aliphatic carbocycles. The summed E-state index contributed by atoms with van der Waals surface area (Å²) in [5, 5.41) is 13.7. The fraction of sp³-hybridized carbons (Fsp3) is 0.593. The molecule has 2 aliphatic heterocycles. The van der Waals surface area contributed by atoms with E-state index in [1.165, 1.54) is 12.4 Å². The normalized spacial score (nSPS) is 23.1. The van der Waals surface area contributed by atoms with E-state index in [-0.39, 0.29) is 30.0 Å². The lowest BCUT2D eigenvalue weighted by Crippen LogP contribution is -2.52. The Bertz CT molecular complexity index is 1180. The molecule has 2 N–H and O–H groups in total. The third kappa shape index (κ3) is 5.87. The lowest BCUT2D eigenvalue weighted by atomic mass is 9.94. The van der Waals surface area contributed by atoms with Crippen molar-refractivity contribution in [3.8, 4) is 0 Å². The molecule has 3 atom stereocenters. The fourth-order valence-corrected chi connectivity index (χ4v) is 5.83. The summed E-state index contributed by atoms with van der Waals surface area (Å²) in [6, 6.07) is 2.86. The number of nitrogens with one attached hydrogen (secondary N) is 1. The first kappa shape index (κ1) is 27.7. The van der Waals surface area contributed by atoms with Crippen LogP contribution in [-0.4, -0.2) is 77.9 Å². The molecule has 12 heteroatoms. The van der Waals surface area contributed by atoms with Gasteiger partial charge in [0.15, 0.2) is 0 Å². The second-order valence-corrected chi connectivity index (χ2v) is 10.5. The minimum atomic E-state index is -4.81. The van der Waals surface area contributed by atoms with E-state index < -0.39 is 29.6 Å². The van der Waals surface area contributed by atoms with E-state index in [0.29, 0.717) is 57.6 Å². The molecule has 0 saturated carbocycles. The molecule has 1 aromatic carbocycles. The third-order valence-corrected chi connectivity index (χ3v) is 8.00. The lowest BCUT2D eigenvalue weighted by Gasteiger charge is -2.38. The van der Waals surface area contributed by atoms with Crippen LogP contribution in [0.15, 0.2) is 24.5 Å². The summed E-state index contributed by atoms with van der Waals surface area (Å²) in [6.07, 6.45) is -1.87. The van der Waals surface area contributed by atoms with Gasteiger partial charge in [-0.1, -0.05) is 13.0 Å². The predicted molar refractivity (Wildman–Crippen MR) is 135 cm³/mol. The van der Waals surface area contributed by atoms with Gasteiger partial charge in [0.05, 0.1) is 23.3 Å². The number of benzene rings is 1. The largest absolute Gasteiger partial charge is 0.419 e. The molecule has 5 rings (SSSR count). The third-order valence-electron chi connectivity index (χ3n) is 8.00. The zero-order chi connectivity index (χ0) is 27.7. The van der Waals surface area contributed by atoms with E-state index in [1.54, 1.807) is 4.90 Å². The molecular formula is C27H33F4N5O3. The number of carbonyl (C=O) groups is 1. The molecule has 0 spiro atoms. The highest BCUT2D eigenvalue weighted by Crippen LogP contribution is 2.43. The summed E-state index contributed by atoms with van der Waals surface area (Å²) in [5.74, 6) is -1.61. The molecule has 2 fully saturated rings. The van der Waals surface area contributed by atoms with Crippen LogP contribution in [0.4, 0.5) is 23.4 Å². The number of rotatable bonds is 6. The monoisotopic (exact) mass is 551 g/mol. The van der Waals surface area contributed by atoms with Crippen LogP contribution in [0.2, 0.25) is 0 Å². The van der Waals surface area contributed by atoms with E-state index in [0.717, 1.165) is 30.3 Å². The number of aliphatic hydroxyl groups is 1. The Morgan fingerprint density at radius 2 is 1.90 bits per heavy atom. The average Bonchev–Trinajstić information content (AvgIpc) is 3.22. The molecular weight excluding hydrogens is 518 g/mol. The standard InChI is InChI=1S/C27H33F4N5O3/c1-16-12-22(37)24-23(16)25(34-15-33-24)35-6-8-36(9-7-35)26(38)19(14-32-18-4-10-39-11-5-18)17-2-3-20(21(28)13-17)27(29,30)31/h2-3,13,15-16,18-19,22,32,37H,4-12,14H2,1H3. The number of fused-ring (bicyclic) bond motifs is 1. The van der Waals surface area contributed by atoms with Gasteiger partial charge in [-0.3, -0.25) is 4.79 Å². The van der Waals surface area contributed by atoms with E-state index in [9.17, 15) is 27.5 Å². The minimum Gasteiger partial charge on any atom is -0.387 e. The molecule has 8 nitrogen and oxygen atoms in total. The number of nitrogens with zero attached hydrogens (tertiary/aromatic N) is 4. The van der Waals surface area contributed by atoms with Gasteiger partial charge in [-0.2, -0.15) is 13.2 Å². The number of alkyl halides is 3. The van der Waals surface area contributed by atoms with Crippen LogP contribution in [0.25, 0.3) is 0 Å². The predicted octanol–water partition coefficient (Wildman–Crippen LogP) is 3.38. The second kappa shape index (κ2) is 11.3. The van der Waals surface area contributed by atoms with Crippen molar-refractivity contribution in [3.63, 3.8) is 0 Å². The molecule has 0 bridgehead atoms. The number of piperazine rings is 1. The number of halogens is 4. The Morgan fingerprint density at radius 3 is 2.56 bits per heavy atom. The van der Waals surface area contributed by atoms with Crippen molar-refractivity contribution in [1.29, 1.82) is 0 Å². The van der Waals surface area contributed by atoms with Crippen LogP contribution in [0.3, 0.4) is 0 Å². The molecule has 1 aromatic heterocycles. The van der Waals surface area contributed by atoms with Crippen molar-refractivity contribution in [1.82, 2.24) is 20.2 Å². The van der Waals surface area contributed by atoms with Gasteiger partial charge in [-0.15, -0.1) is 0 Å². The van der Waals surface area contributed by atoms with Gasteiger partial charge < -0.3 is 25.0 Å². The summed E-state index contributed by atoms with van der Waals surface area (Å²) in [6.45, 7) is 5.16. The highest BCUT2D eigenvalue weighted by atomic mass is 19.4. The second-order valence-electron chi connectivity index (χ2n) is 10.5. The van der Waals surface area contributed by atoms with E-state index >= 15 is 0 Å². The summed E-state index contributed by atoms with van der Waals surface area (Å²) in [7, 11) is 0. The highest BCUT2D eigenvalue weighted by Gasteiger charge is 2.37. The molecule has 3 unspecified atom stereocenters. The Kier molecular flexibility index (Phi) is 8.06. The van der Waals surface area contributed by atoms with Gasteiger partial charge in [-0.25, -0.2) is 14.4 Å². The van der Waals surface area contributed by atoms with Crippen LogP contribution in [0.5, 0.6) is 0 Å². The zero-order valence-corrected chi connectivity index (χ0v) is 21.8. The Morgan fingerprint density at radius 1 is 1.18 bits per heavy atom. The van der Waals surface area contributed by atoms with Crippen molar-refractivity contribution in [2.75, 3.05) is 50.8 Å². The smallest absolute Gasteiger partial charge is 0.387 e. The quantitative estimate of drug-likeness (QED) is 0.532. The summed E-state index contributed by atoms with van der Waals surface area (Å²) < 4.78 is 59.4. The number of carbonyl (C=O) groups excluding carboxylic acids is 1. The fourth-order valence-electron chi connectivity index (χ4n) is 5.83. The number of ether oxygens (including phenoxy) is 1. The average molecular weight is 552 g/mol. The molecule has 212 valence electrons. The van der Waals surface area contributed by atoms with Gasteiger partial charge in [0, 0.05) is 57.5 Å². The van der Waals surface area contributed by atoms with Gasteiger partial charge >= 0.3 is 6.18 Å². The number of hydrogen-bond donors (Lipinski definition) is 2. The van der Waals surface area contributed by atoms with Gasteiger partial charge in [0.25, 0.3) is 0 Å². The van der Waals surface area contributed by atoms with Crippen molar-refractivity contribution in [2.24, 2.45) is 0 Å². The zero-order valence-electron chi connectivity index (χ0n) is 21.8. The van der Waals surface area contributed by atoms with Gasteiger partial charge in [0.1, 0.15) is 18.0 Å². The molecule has 2 saturated heterocycles. The summed E-state index contributed by atoms with van der Waals surface area (Å²) in [4.78, 5) is 26.2. The van der Waals surface area contributed by atoms with Crippen LogP contribution in [0.1, 0.15) is 66.5 Å². The van der Waals surface area contributed by atoms with E-state index in [1.807, 2.05) is 6.92 Å². The van der Waals surface area contributed by atoms with E-state index in [4.69, 9.17) is 4.74 Å². The van der Waals surface area contributed by atoms with E-state index in [2.05, 4.69) is 20.2 Å². The first-order chi connectivity index (χ1) is 18.6. The Balaban J connectivity index is 1.32. The number of hydrogen-bond acceptors (Lipinski definition) is 7. The summed E-state index contributed by atoms with van der Waals surface area (Å²) in [5.41, 5.74) is 0.447. The maximum atomic E-state index is 14.5. The molecule has 3 heterocycles. The van der Waals surface area contributed by atoms with Gasteiger partial charge in [0.2, 0.25) is 5.91 Å². The van der Waals surface area contributed by atoms with Crippen LogP contribution >= 0.6 is 0 Å². The Labute approximate surface area is 224 Å². The van der Waals surface area contributed by atoms with Crippen molar-refractivity contribution >= 4 is 11.7 Å². The number of aromatic nitrogens is 2. The molecule has 2 aromatic rings. The maximum Gasteiger partial charge on any atom is 0.419 e. The molecule has 1 amide bonds. The first-order valence-electron chi connectivity index (χ1n) is 13.4. The van der Waals surface area contributed by atoms with Crippen LogP contribution < -0.4 is 10.2 Å². The molecule has 39 heavy (non-hydrogen) atoms. The lowest BCUT2D eigenvalue weighted by molar-refractivity contribution is -0.140. The molecule has 0 radical (unpaired) electrons. The number of aliphatic hydroxyl groups excluding tert-OH is 1. The number of anilines is 1. The van der Waals surface area contributed by atoms with Crippen molar-refractivity contribution in [3.05, 3.63) is 52.7 Å².